The molecule has 0 aliphatic heterocycles. The molecule has 0 atom stereocenters. The summed E-state index contributed by atoms with van der Waals surface area (Å²) >= 11 is -3.97. The van der Waals surface area contributed by atoms with Gasteiger partial charge in [-0.2, -0.15) is 0 Å². The van der Waals surface area contributed by atoms with Gasteiger partial charge in [-0.3, -0.25) is 0 Å². The van der Waals surface area contributed by atoms with Gasteiger partial charge < -0.3 is 0 Å². The average molecular weight is 189 g/mol. The van der Waals surface area contributed by atoms with Crippen molar-refractivity contribution in [2.45, 2.75) is 0 Å². The first-order chi connectivity index (χ1) is 1.73. The van der Waals surface area contributed by atoms with Gasteiger partial charge in [0.25, 0.3) is 0 Å². The summed E-state index contributed by atoms with van der Waals surface area (Å²) in [6.07, 6.45) is 0. The molecule has 0 fully saturated rings. The van der Waals surface area contributed by atoms with E-state index in [1.807, 2.05) is 0 Å². The molecule has 0 unspecified atom stereocenters. The number of hydrogen-bond donors (Lipinski definition) is 2. The Labute approximate surface area is 36.9 Å². The minimum absolute atomic E-state index is 3.97. The first-order valence-corrected chi connectivity index (χ1v) is 5.48. The van der Waals surface area contributed by atoms with Gasteiger partial charge >= 0.3 is 37.0 Å². The van der Waals surface area contributed by atoms with Crippen molar-refractivity contribution in [3.8, 4) is 0 Å². The standard InChI is InChI=1S/La.2H2O.O/h;2*1H2;/q+2;;;/p-2. The zero-order chi connectivity index (χ0) is 3.58. The van der Waals surface area contributed by atoms with Crippen LogP contribution in [0.5, 0.6) is 0 Å². The summed E-state index contributed by atoms with van der Waals surface area (Å²) in [4.78, 5) is 0. The molecule has 0 bridgehead atoms. The summed E-state index contributed by atoms with van der Waals surface area (Å²) in [7, 11) is 0. The van der Waals surface area contributed by atoms with Gasteiger partial charge in [-0.1, -0.05) is 0 Å². The predicted molar refractivity (Wildman–Crippen MR) is 5.12 cm³/mol. The molecule has 0 saturated carbocycles. The first kappa shape index (κ1) is 4.91. The second-order valence-corrected chi connectivity index (χ2v) is 2.38. The third-order valence-electron chi connectivity index (χ3n) is 0. The summed E-state index contributed by atoms with van der Waals surface area (Å²) in [5, 5.41) is 0. The van der Waals surface area contributed by atoms with E-state index in [9.17, 15) is 0 Å². The van der Waals surface area contributed by atoms with Gasteiger partial charge in [-0.25, -0.2) is 0 Å². The molecule has 4 heteroatoms. The zero-order valence-corrected chi connectivity index (χ0v) is 5.51. The summed E-state index contributed by atoms with van der Waals surface area (Å²) in [6.45, 7) is 0. The first-order valence-electron chi connectivity index (χ1n) is 0.752. The number of hydrogen-bond acceptors (Lipinski definition) is 1. The molecular weight excluding hydrogens is 187 g/mol. The summed E-state index contributed by atoms with van der Waals surface area (Å²) in [5.74, 6) is 0. The third-order valence-corrected chi connectivity index (χ3v) is 0. The molecule has 4 heavy (non-hydrogen) atoms. The van der Waals surface area contributed by atoms with Crippen LogP contribution in [0.25, 0.3) is 0 Å². The topological polar surface area (TPSA) is 57.5 Å². The summed E-state index contributed by atoms with van der Waals surface area (Å²) < 4.78 is 23.4. The minimum atomic E-state index is -3.97. The van der Waals surface area contributed by atoms with Crippen molar-refractivity contribution in [2.75, 3.05) is 0 Å². The normalized spacial score (nSPS) is 6.50. The molecule has 0 amide bonds. The van der Waals surface area contributed by atoms with Crippen molar-refractivity contribution in [1.82, 2.24) is 0 Å². The van der Waals surface area contributed by atoms with Crippen LogP contribution < -0.4 is 0 Å². The maximum absolute atomic E-state index is 8.86. The Morgan fingerprint density at radius 3 is 1.50 bits per heavy atom. The van der Waals surface area contributed by atoms with E-state index in [1.54, 1.807) is 0 Å². The van der Waals surface area contributed by atoms with Crippen LogP contribution in [0.15, 0.2) is 0 Å². The summed E-state index contributed by atoms with van der Waals surface area (Å²) in [5.41, 5.74) is 0. The Hall–Kier alpha value is 0.915. The van der Waals surface area contributed by atoms with Crippen molar-refractivity contribution in [3.63, 3.8) is 0 Å². The fourth-order valence-electron chi connectivity index (χ4n) is 0. The van der Waals surface area contributed by atoms with Gasteiger partial charge in [0.1, 0.15) is 0 Å². The average Bonchev–Trinajstić information content (AvgIpc) is 0.811. The molecule has 0 aromatic rings. The van der Waals surface area contributed by atoms with Crippen LogP contribution in [0.3, 0.4) is 0 Å². The van der Waals surface area contributed by atoms with Gasteiger partial charge in [0.2, 0.25) is 0 Å². The van der Waals surface area contributed by atoms with E-state index in [-0.39, 0.29) is 0 Å². The van der Waals surface area contributed by atoms with Crippen molar-refractivity contribution >= 4 is 0 Å². The quantitative estimate of drug-likeness (QED) is 0.501. The molecule has 0 aromatic heterocycles. The van der Waals surface area contributed by atoms with Crippen molar-refractivity contribution < 1.29 is 37.0 Å². The van der Waals surface area contributed by atoms with Crippen molar-refractivity contribution in [1.29, 1.82) is 0 Å². The molecule has 0 heterocycles. The third kappa shape index (κ3) is 12.8. The van der Waals surface area contributed by atoms with Gasteiger partial charge in [0, 0.05) is 0 Å². The Kier molecular flexibility index (Phi) is 2.67. The van der Waals surface area contributed by atoms with Crippen LogP contribution in [-0.2, 0) is 1.70 Å². The van der Waals surface area contributed by atoms with Gasteiger partial charge in [0.15, 0.2) is 0 Å². The van der Waals surface area contributed by atoms with E-state index in [1.165, 1.54) is 0 Å². The fourth-order valence-corrected chi connectivity index (χ4v) is 0. The molecular formula is H2LaO3. The van der Waals surface area contributed by atoms with E-state index < -0.39 is 31.2 Å². The molecule has 0 spiro atoms. The van der Waals surface area contributed by atoms with Crippen molar-refractivity contribution in [2.24, 2.45) is 0 Å². The Balaban J connectivity index is 2.80. The summed E-state index contributed by atoms with van der Waals surface area (Å²) in [6, 6.07) is 0. The number of rotatable bonds is 0. The van der Waals surface area contributed by atoms with E-state index in [2.05, 4.69) is 0 Å². The van der Waals surface area contributed by atoms with E-state index >= 15 is 0 Å². The predicted octanol–water partition coefficient (Wildman–Crippen LogP) is -1.23. The molecule has 3 nitrogen and oxygen atoms in total. The molecule has 2 N–H and O–H groups in total. The monoisotopic (exact) mass is 189 g/mol. The molecule has 23 valence electrons. The van der Waals surface area contributed by atoms with Gasteiger partial charge in [-0.05, 0) is 0 Å². The van der Waals surface area contributed by atoms with Crippen LogP contribution in [-0.4, -0.2) is 4.15 Å². The van der Waals surface area contributed by atoms with Gasteiger partial charge in [0.05, 0.1) is 0 Å². The molecule has 0 radical (unpaired) electrons. The van der Waals surface area contributed by atoms with Crippen LogP contribution in [0.1, 0.15) is 0 Å². The van der Waals surface area contributed by atoms with Crippen LogP contribution in [0.2, 0.25) is 0 Å². The maximum atomic E-state index is 8.86. The van der Waals surface area contributed by atoms with Crippen LogP contribution >= 0.6 is 0 Å². The second kappa shape index (κ2) is 2.17. The molecule has 0 aromatic carbocycles. The fraction of sp³-hybridized carbons (Fsp3) is 0. The van der Waals surface area contributed by atoms with E-state index in [4.69, 9.17) is 5.84 Å². The molecule has 0 aliphatic rings. The molecule has 0 saturated heterocycles. The molecule has 0 rings (SSSR count). The Morgan fingerprint density at radius 1 is 1.50 bits per heavy atom. The van der Waals surface area contributed by atoms with E-state index in [0.29, 0.717) is 0 Å². The van der Waals surface area contributed by atoms with E-state index in [0.717, 1.165) is 0 Å². The molecule has 0 aliphatic carbocycles. The Morgan fingerprint density at radius 2 is 1.50 bits per heavy atom. The SMILES string of the molecule is [O]=[La]([OH])[OH]. The van der Waals surface area contributed by atoms with Crippen LogP contribution in [0, 0.1) is 31.2 Å². The zero-order valence-electron chi connectivity index (χ0n) is 1.88. The van der Waals surface area contributed by atoms with Gasteiger partial charge in [-0.15, -0.1) is 0 Å². The van der Waals surface area contributed by atoms with Crippen LogP contribution in [0.4, 0.5) is 0 Å². The van der Waals surface area contributed by atoms with Crippen molar-refractivity contribution in [3.05, 3.63) is 0 Å². The Bertz CT molecular complexity index is 26.3. The second-order valence-electron chi connectivity index (χ2n) is 0.326.